The highest BCUT2D eigenvalue weighted by Crippen LogP contribution is 2.17. The Balaban J connectivity index is 3.02. The molecule has 0 unspecified atom stereocenters. The Morgan fingerprint density at radius 3 is 0.537 bits per heavy atom. The smallest absolute Gasteiger partial charge is 0.00675 e. The van der Waals surface area contributed by atoms with E-state index in [0.29, 0.717) is 0 Å². The molecule has 0 aromatic heterocycles. The van der Waals surface area contributed by atoms with E-state index in [1.54, 1.807) is 0 Å². The van der Waals surface area contributed by atoms with Gasteiger partial charge in [0.25, 0.3) is 0 Å². The van der Waals surface area contributed by atoms with Gasteiger partial charge in [-0.25, -0.2) is 0 Å². The minimum absolute atomic E-state index is 1.37. The van der Waals surface area contributed by atoms with E-state index in [1.807, 2.05) is 0 Å². The highest BCUT2D eigenvalue weighted by Gasteiger charge is 1.97. The lowest BCUT2D eigenvalue weighted by Gasteiger charge is -2.05. The molecular weight excluding hydrogens is 533 g/mol. The van der Waals surface area contributed by atoms with Gasteiger partial charge >= 0.3 is 0 Å². The van der Waals surface area contributed by atoms with E-state index in [4.69, 9.17) is 0 Å². The van der Waals surface area contributed by atoms with Crippen molar-refractivity contribution in [1.29, 1.82) is 0 Å². The van der Waals surface area contributed by atoms with E-state index in [-0.39, 0.29) is 0 Å². The molecule has 0 radical (unpaired) electrons. The van der Waals surface area contributed by atoms with Crippen LogP contribution in [0.2, 0.25) is 0 Å². The lowest BCUT2D eigenvalue weighted by atomic mass is 10.0. The van der Waals surface area contributed by atoms with Gasteiger partial charge in [-0.2, -0.15) is 23.5 Å². The van der Waals surface area contributed by atoms with Crippen LogP contribution in [0.3, 0.4) is 0 Å². The van der Waals surface area contributed by atoms with Crippen LogP contribution in [-0.2, 0) is 0 Å². The van der Waals surface area contributed by atoms with Gasteiger partial charge in [-0.1, -0.05) is 200 Å². The van der Waals surface area contributed by atoms with Gasteiger partial charge in [-0.15, -0.1) is 0 Å². The normalized spacial score (nSPS) is 11.6. The lowest BCUT2D eigenvalue weighted by molar-refractivity contribution is 0.535. The molecule has 0 saturated heterocycles. The molecule has 0 aliphatic rings. The van der Waals surface area contributed by atoms with Gasteiger partial charge in [-0.05, 0) is 48.7 Å². The Kier molecular flexibility index (Phi) is 41.4. The Labute approximate surface area is 271 Å². The molecule has 0 saturated carbocycles. The van der Waals surface area contributed by atoms with Crippen LogP contribution in [0.25, 0.3) is 0 Å². The third-order valence-electron chi connectivity index (χ3n) is 8.86. The molecule has 0 N–H and O–H groups in total. The fourth-order valence-corrected chi connectivity index (χ4v) is 7.98. The van der Waals surface area contributed by atoms with Gasteiger partial charge in [0.2, 0.25) is 0 Å². The molecule has 0 aromatic carbocycles. The van der Waals surface area contributed by atoms with Gasteiger partial charge in [0, 0.05) is 0 Å². The zero-order valence-corrected chi connectivity index (χ0v) is 30.6. The number of unbranched alkanes of at least 4 members (excludes halogenated alkanes) is 30. The molecule has 0 spiro atoms. The third-order valence-corrected chi connectivity index (χ3v) is 11.2. The quantitative estimate of drug-likeness (QED) is 0.0636. The summed E-state index contributed by atoms with van der Waals surface area (Å²) in [5.74, 6) is 5.63. The maximum Gasteiger partial charge on any atom is -0.00675 e. The van der Waals surface area contributed by atoms with Crippen LogP contribution < -0.4 is 0 Å². The second-order valence-corrected chi connectivity index (χ2v) is 15.6. The van der Waals surface area contributed by atoms with Gasteiger partial charge in [-0.3, -0.25) is 0 Å². The Morgan fingerprint density at radius 2 is 0.341 bits per heavy atom. The minimum atomic E-state index is 1.37. The lowest BCUT2D eigenvalue weighted by Crippen LogP contribution is -1.89. The van der Waals surface area contributed by atoms with Crippen molar-refractivity contribution in [2.75, 3.05) is 23.0 Å². The first kappa shape index (κ1) is 41.7. The molecule has 0 aliphatic heterocycles. The molecule has 41 heavy (non-hydrogen) atoms. The SMILES string of the molecule is CCCCCCCCCCCCCCCCCSCCCCCSCCCCCCCCCCCCCCCCC. The first-order valence-electron chi connectivity index (χ1n) is 19.6. The fourth-order valence-electron chi connectivity index (χ4n) is 5.94. The van der Waals surface area contributed by atoms with E-state index in [0.717, 1.165) is 0 Å². The first-order valence-corrected chi connectivity index (χ1v) is 21.9. The van der Waals surface area contributed by atoms with Crippen LogP contribution in [0.15, 0.2) is 0 Å². The van der Waals surface area contributed by atoms with Crippen molar-refractivity contribution in [3.05, 3.63) is 0 Å². The molecule has 0 nitrogen and oxygen atoms in total. The van der Waals surface area contributed by atoms with E-state index < -0.39 is 0 Å². The summed E-state index contributed by atoms with van der Waals surface area (Å²) in [5.41, 5.74) is 0. The highest BCUT2D eigenvalue weighted by atomic mass is 32.2. The molecule has 0 bridgehead atoms. The van der Waals surface area contributed by atoms with Crippen LogP contribution in [0, 0.1) is 0 Å². The van der Waals surface area contributed by atoms with Crippen molar-refractivity contribution in [3.63, 3.8) is 0 Å². The van der Waals surface area contributed by atoms with Crippen molar-refractivity contribution >= 4 is 23.5 Å². The standard InChI is InChI=1S/C39H80S2/c1-3-5-7-9-11-13-15-17-19-21-23-25-27-29-32-36-40-38-34-31-35-39-41-37-33-30-28-26-24-22-20-18-16-14-12-10-8-6-4-2/h3-39H2,1-2H3. The zero-order valence-electron chi connectivity index (χ0n) is 29.0. The summed E-state index contributed by atoms with van der Waals surface area (Å²) < 4.78 is 0. The van der Waals surface area contributed by atoms with Crippen molar-refractivity contribution in [1.82, 2.24) is 0 Å². The Hall–Kier alpha value is 0.700. The molecule has 0 fully saturated rings. The van der Waals surface area contributed by atoms with Crippen LogP contribution in [0.1, 0.15) is 226 Å². The fraction of sp³-hybridized carbons (Fsp3) is 1.00. The van der Waals surface area contributed by atoms with E-state index in [2.05, 4.69) is 37.4 Å². The molecule has 0 aliphatic carbocycles. The highest BCUT2D eigenvalue weighted by molar-refractivity contribution is 7.99. The van der Waals surface area contributed by atoms with Gasteiger partial charge in [0.15, 0.2) is 0 Å². The maximum atomic E-state index is 2.31. The first-order chi connectivity index (χ1) is 20.4. The summed E-state index contributed by atoms with van der Waals surface area (Å²) in [6.07, 6.45) is 48.5. The number of rotatable bonds is 38. The zero-order chi connectivity index (χ0) is 29.6. The van der Waals surface area contributed by atoms with Crippen molar-refractivity contribution in [2.45, 2.75) is 226 Å². The van der Waals surface area contributed by atoms with Crippen LogP contribution in [-0.4, -0.2) is 23.0 Å². The monoisotopic (exact) mass is 613 g/mol. The van der Waals surface area contributed by atoms with Crippen molar-refractivity contribution in [3.8, 4) is 0 Å². The van der Waals surface area contributed by atoms with E-state index in [9.17, 15) is 0 Å². The molecule has 2 heteroatoms. The largest absolute Gasteiger partial charge is 0.162 e. The van der Waals surface area contributed by atoms with E-state index >= 15 is 0 Å². The third kappa shape index (κ3) is 40.7. The summed E-state index contributed by atoms with van der Waals surface area (Å²) in [4.78, 5) is 0. The number of hydrogen-bond donors (Lipinski definition) is 0. The minimum Gasteiger partial charge on any atom is -0.162 e. The van der Waals surface area contributed by atoms with E-state index in [1.165, 1.54) is 235 Å². The predicted molar refractivity (Wildman–Crippen MR) is 198 cm³/mol. The Morgan fingerprint density at radius 1 is 0.195 bits per heavy atom. The van der Waals surface area contributed by atoms with Crippen molar-refractivity contribution < 1.29 is 0 Å². The Bertz CT molecular complexity index is 386. The summed E-state index contributed by atoms with van der Waals surface area (Å²) in [6.45, 7) is 4.62. The second kappa shape index (κ2) is 40.7. The van der Waals surface area contributed by atoms with Crippen LogP contribution in [0.4, 0.5) is 0 Å². The van der Waals surface area contributed by atoms with Crippen molar-refractivity contribution in [2.24, 2.45) is 0 Å². The maximum absolute atomic E-state index is 2.31. The average Bonchev–Trinajstić information content (AvgIpc) is 2.98. The second-order valence-electron chi connectivity index (χ2n) is 13.2. The van der Waals surface area contributed by atoms with Crippen LogP contribution >= 0.6 is 23.5 Å². The topological polar surface area (TPSA) is 0 Å². The summed E-state index contributed by atoms with van der Waals surface area (Å²) >= 11 is 4.44. The summed E-state index contributed by atoms with van der Waals surface area (Å²) in [5, 5.41) is 0. The summed E-state index contributed by atoms with van der Waals surface area (Å²) in [6, 6.07) is 0. The van der Waals surface area contributed by atoms with Gasteiger partial charge in [0.05, 0.1) is 0 Å². The molecule has 0 heterocycles. The molecular formula is C39H80S2. The summed E-state index contributed by atoms with van der Waals surface area (Å²) in [7, 11) is 0. The predicted octanol–water partition coefficient (Wildman–Crippen LogP) is 15.4. The molecule has 0 atom stereocenters. The number of thioether (sulfide) groups is 2. The molecule has 0 amide bonds. The molecule has 0 rings (SSSR count). The molecule has 248 valence electrons. The van der Waals surface area contributed by atoms with Gasteiger partial charge < -0.3 is 0 Å². The average molecular weight is 613 g/mol. The number of hydrogen-bond acceptors (Lipinski definition) is 2. The molecule has 0 aromatic rings. The van der Waals surface area contributed by atoms with Gasteiger partial charge in [0.1, 0.15) is 0 Å². The van der Waals surface area contributed by atoms with Crippen LogP contribution in [0.5, 0.6) is 0 Å².